The molecule has 1 N–H and O–H groups in total. The van der Waals surface area contributed by atoms with Crippen LogP contribution in [0.1, 0.15) is 24.8 Å². The second-order valence-corrected chi connectivity index (χ2v) is 4.58. The standard InChI is InChI=1S/C16H20O4/c1-2-3-7-10-20-15(17)12-14(16(18)19)11-13-8-5-4-6-9-13/h2,4-6,8-9,14H,1,3,7,10-12H2,(H,18,19)/t14-/m1/s1. The third kappa shape index (κ3) is 6.18. The molecule has 0 unspecified atom stereocenters. The fourth-order valence-corrected chi connectivity index (χ4v) is 1.82. The Balaban J connectivity index is 2.44. The minimum Gasteiger partial charge on any atom is -0.481 e. The first-order valence-electron chi connectivity index (χ1n) is 6.66. The molecule has 0 amide bonds. The van der Waals surface area contributed by atoms with Crippen LogP contribution in [0.3, 0.4) is 0 Å². The molecule has 1 aromatic carbocycles. The first kappa shape index (κ1) is 16.0. The monoisotopic (exact) mass is 276 g/mol. The summed E-state index contributed by atoms with van der Waals surface area (Å²) in [6.45, 7) is 3.89. The number of carboxylic acids is 1. The zero-order chi connectivity index (χ0) is 14.8. The van der Waals surface area contributed by atoms with Crippen molar-refractivity contribution in [2.24, 2.45) is 5.92 Å². The number of ether oxygens (including phenoxy) is 1. The highest BCUT2D eigenvalue weighted by molar-refractivity contribution is 5.79. The minimum atomic E-state index is -0.975. The Morgan fingerprint density at radius 3 is 2.60 bits per heavy atom. The molecule has 20 heavy (non-hydrogen) atoms. The number of carbonyl (C=O) groups is 2. The van der Waals surface area contributed by atoms with Gasteiger partial charge in [0.05, 0.1) is 18.9 Å². The van der Waals surface area contributed by atoms with E-state index in [1.807, 2.05) is 30.3 Å². The van der Waals surface area contributed by atoms with Gasteiger partial charge in [-0.15, -0.1) is 6.58 Å². The van der Waals surface area contributed by atoms with Crippen LogP contribution in [0, 0.1) is 5.92 Å². The Bertz CT molecular complexity index is 439. The molecule has 0 saturated heterocycles. The fraction of sp³-hybridized carbons (Fsp3) is 0.375. The molecule has 0 aliphatic heterocycles. The van der Waals surface area contributed by atoms with Crippen LogP contribution >= 0.6 is 0 Å². The van der Waals surface area contributed by atoms with Gasteiger partial charge >= 0.3 is 11.9 Å². The van der Waals surface area contributed by atoms with Gasteiger partial charge < -0.3 is 9.84 Å². The van der Waals surface area contributed by atoms with Gasteiger partial charge in [-0.3, -0.25) is 9.59 Å². The van der Waals surface area contributed by atoms with Crippen molar-refractivity contribution in [1.82, 2.24) is 0 Å². The van der Waals surface area contributed by atoms with E-state index in [1.165, 1.54) is 0 Å². The van der Waals surface area contributed by atoms with Crippen LogP contribution in [0.2, 0.25) is 0 Å². The largest absolute Gasteiger partial charge is 0.481 e. The lowest BCUT2D eigenvalue weighted by Crippen LogP contribution is -2.21. The molecule has 0 fully saturated rings. The average molecular weight is 276 g/mol. The Kier molecular flexibility index (Phi) is 7.11. The van der Waals surface area contributed by atoms with Crippen molar-refractivity contribution < 1.29 is 19.4 Å². The predicted octanol–water partition coefficient (Wildman–Crippen LogP) is 2.83. The summed E-state index contributed by atoms with van der Waals surface area (Å²) in [5, 5.41) is 9.17. The van der Waals surface area contributed by atoms with E-state index in [1.54, 1.807) is 6.08 Å². The summed E-state index contributed by atoms with van der Waals surface area (Å²) in [5.41, 5.74) is 0.902. The summed E-state index contributed by atoms with van der Waals surface area (Å²) in [6, 6.07) is 9.27. The number of unbranched alkanes of at least 4 members (excludes halogenated alkanes) is 1. The van der Waals surface area contributed by atoms with E-state index in [-0.39, 0.29) is 6.42 Å². The number of esters is 1. The normalized spacial score (nSPS) is 11.6. The Morgan fingerprint density at radius 1 is 1.30 bits per heavy atom. The lowest BCUT2D eigenvalue weighted by molar-refractivity contribution is -0.151. The fourth-order valence-electron chi connectivity index (χ4n) is 1.82. The summed E-state index contributed by atoms with van der Waals surface area (Å²) < 4.78 is 5.01. The van der Waals surface area contributed by atoms with Crippen LogP contribution < -0.4 is 0 Å². The summed E-state index contributed by atoms with van der Waals surface area (Å²) in [4.78, 5) is 22.8. The van der Waals surface area contributed by atoms with Gasteiger partial charge in [-0.25, -0.2) is 0 Å². The Morgan fingerprint density at radius 2 is 2.00 bits per heavy atom. The van der Waals surface area contributed by atoms with Gasteiger partial charge in [-0.1, -0.05) is 36.4 Å². The molecular weight excluding hydrogens is 256 g/mol. The molecule has 108 valence electrons. The number of carboxylic acid groups (broad SMARTS) is 1. The molecule has 1 aromatic rings. The van der Waals surface area contributed by atoms with Crippen molar-refractivity contribution in [2.75, 3.05) is 6.61 Å². The van der Waals surface area contributed by atoms with Crippen molar-refractivity contribution in [3.8, 4) is 0 Å². The maximum absolute atomic E-state index is 11.6. The molecule has 1 rings (SSSR count). The topological polar surface area (TPSA) is 63.6 Å². The third-order valence-corrected chi connectivity index (χ3v) is 2.90. The van der Waals surface area contributed by atoms with E-state index >= 15 is 0 Å². The van der Waals surface area contributed by atoms with Crippen molar-refractivity contribution in [3.05, 3.63) is 48.6 Å². The molecule has 0 aliphatic rings. The molecule has 0 saturated carbocycles. The molecule has 0 bridgehead atoms. The van der Waals surface area contributed by atoms with E-state index in [2.05, 4.69) is 6.58 Å². The lowest BCUT2D eigenvalue weighted by Gasteiger charge is -2.12. The summed E-state index contributed by atoms with van der Waals surface area (Å²) in [6.07, 6.45) is 3.48. The van der Waals surface area contributed by atoms with E-state index in [4.69, 9.17) is 4.74 Å². The van der Waals surface area contributed by atoms with Gasteiger partial charge in [0.25, 0.3) is 0 Å². The number of carbonyl (C=O) groups excluding carboxylic acids is 1. The third-order valence-electron chi connectivity index (χ3n) is 2.90. The van der Waals surface area contributed by atoms with Gasteiger partial charge in [0.2, 0.25) is 0 Å². The van der Waals surface area contributed by atoms with E-state index in [0.717, 1.165) is 12.0 Å². The van der Waals surface area contributed by atoms with Crippen LogP contribution in [-0.2, 0) is 20.7 Å². The van der Waals surface area contributed by atoms with E-state index < -0.39 is 17.9 Å². The number of benzene rings is 1. The van der Waals surface area contributed by atoms with Crippen LogP contribution in [0.5, 0.6) is 0 Å². The first-order chi connectivity index (χ1) is 9.63. The number of rotatable bonds is 9. The zero-order valence-corrected chi connectivity index (χ0v) is 11.5. The van der Waals surface area contributed by atoms with Gasteiger partial charge in [-0.05, 0) is 24.8 Å². The second-order valence-electron chi connectivity index (χ2n) is 4.58. The number of hydrogen-bond donors (Lipinski definition) is 1. The number of allylic oxidation sites excluding steroid dienone is 1. The Hall–Kier alpha value is -2.10. The smallest absolute Gasteiger partial charge is 0.307 e. The molecule has 1 atom stereocenters. The molecule has 4 heteroatoms. The molecule has 0 aliphatic carbocycles. The van der Waals surface area contributed by atoms with Gasteiger partial charge in [-0.2, -0.15) is 0 Å². The van der Waals surface area contributed by atoms with Gasteiger partial charge in [0.15, 0.2) is 0 Å². The van der Waals surface area contributed by atoms with Crippen LogP contribution in [0.25, 0.3) is 0 Å². The summed E-state index contributed by atoms with van der Waals surface area (Å²) >= 11 is 0. The van der Waals surface area contributed by atoms with Crippen molar-refractivity contribution in [3.63, 3.8) is 0 Å². The van der Waals surface area contributed by atoms with Gasteiger partial charge in [0, 0.05) is 0 Å². The second kappa shape index (κ2) is 8.91. The minimum absolute atomic E-state index is 0.0989. The summed E-state index contributed by atoms with van der Waals surface area (Å²) in [5.74, 6) is -2.18. The zero-order valence-electron chi connectivity index (χ0n) is 11.5. The lowest BCUT2D eigenvalue weighted by atomic mass is 9.96. The maximum atomic E-state index is 11.6. The SMILES string of the molecule is C=CCCCOC(=O)C[C@@H](Cc1ccccc1)C(=O)O. The predicted molar refractivity (Wildman–Crippen MR) is 76.3 cm³/mol. The number of aliphatic carboxylic acids is 1. The molecule has 4 nitrogen and oxygen atoms in total. The molecule has 0 spiro atoms. The van der Waals surface area contributed by atoms with Gasteiger partial charge in [0.1, 0.15) is 0 Å². The highest BCUT2D eigenvalue weighted by atomic mass is 16.5. The molecule has 0 radical (unpaired) electrons. The van der Waals surface area contributed by atoms with E-state index in [9.17, 15) is 14.7 Å². The molecular formula is C16H20O4. The highest BCUT2D eigenvalue weighted by Gasteiger charge is 2.22. The number of hydrogen-bond acceptors (Lipinski definition) is 3. The van der Waals surface area contributed by atoms with Crippen LogP contribution in [-0.4, -0.2) is 23.7 Å². The van der Waals surface area contributed by atoms with Crippen LogP contribution in [0.4, 0.5) is 0 Å². The van der Waals surface area contributed by atoms with Crippen LogP contribution in [0.15, 0.2) is 43.0 Å². The van der Waals surface area contributed by atoms with Crippen molar-refractivity contribution in [1.29, 1.82) is 0 Å². The Labute approximate surface area is 119 Å². The van der Waals surface area contributed by atoms with Crippen molar-refractivity contribution in [2.45, 2.75) is 25.7 Å². The van der Waals surface area contributed by atoms with E-state index in [0.29, 0.717) is 19.4 Å². The first-order valence-corrected chi connectivity index (χ1v) is 6.66. The highest BCUT2D eigenvalue weighted by Crippen LogP contribution is 2.13. The molecule has 0 aromatic heterocycles. The quantitative estimate of drug-likeness (QED) is 0.428. The molecule has 0 heterocycles. The van der Waals surface area contributed by atoms with Crippen molar-refractivity contribution >= 4 is 11.9 Å². The average Bonchev–Trinajstić information content (AvgIpc) is 2.44. The maximum Gasteiger partial charge on any atom is 0.307 e. The summed E-state index contributed by atoms with van der Waals surface area (Å²) in [7, 11) is 0.